The monoisotopic (exact) mass is 501 g/mol. The molecule has 0 aliphatic carbocycles. The van der Waals surface area contributed by atoms with Gasteiger partial charge in [0, 0.05) is 36.8 Å². The van der Waals surface area contributed by atoms with Crippen LogP contribution < -0.4 is 5.32 Å². The van der Waals surface area contributed by atoms with Crippen molar-refractivity contribution in [3.63, 3.8) is 0 Å². The average molecular weight is 502 g/mol. The van der Waals surface area contributed by atoms with Crippen molar-refractivity contribution in [2.24, 2.45) is 0 Å². The number of aromatic amines is 1. The molecule has 1 aliphatic heterocycles. The van der Waals surface area contributed by atoms with Crippen LogP contribution in [-0.2, 0) is 4.79 Å². The minimum absolute atomic E-state index is 0.0241. The molecular weight excluding hydrogens is 476 g/mol. The van der Waals surface area contributed by atoms with Gasteiger partial charge in [0.05, 0.1) is 29.9 Å². The summed E-state index contributed by atoms with van der Waals surface area (Å²) in [6.07, 6.45) is 1.28. The van der Waals surface area contributed by atoms with Gasteiger partial charge in [-0.25, -0.2) is 8.78 Å². The third-order valence-corrected chi connectivity index (χ3v) is 6.51. The van der Waals surface area contributed by atoms with Gasteiger partial charge in [0.25, 0.3) is 5.91 Å². The summed E-state index contributed by atoms with van der Waals surface area (Å²) in [5.41, 5.74) is 0.746. The van der Waals surface area contributed by atoms with Gasteiger partial charge in [0.1, 0.15) is 11.6 Å². The normalized spacial score (nSPS) is 15.2. The van der Waals surface area contributed by atoms with Crippen LogP contribution in [0.3, 0.4) is 0 Å². The molecule has 1 saturated heterocycles. The topological polar surface area (TPSA) is 81.3 Å². The highest BCUT2D eigenvalue weighted by atomic mass is 35.5. The third kappa shape index (κ3) is 5.52. The summed E-state index contributed by atoms with van der Waals surface area (Å²) < 4.78 is 28.7. The highest BCUT2D eigenvalue weighted by Gasteiger charge is 2.27. The van der Waals surface area contributed by atoms with E-state index in [1.165, 1.54) is 13.1 Å². The molecule has 4 rings (SSSR count). The van der Waals surface area contributed by atoms with Crippen molar-refractivity contribution in [2.45, 2.75) is 19.4 Å². The first-order valence-electron chi connectivity index (χ1n) is 11.3. The van der Waals surface area contributed by atoms with E-state index < -0.39 is 23.6 Å². The average Bonchev–Trinajstić information content (AvgIpc) is 3.31. The molecule has 1 aliphatic rings. The highest BCUT2D eigenvalue weighted by molar-refractivity contribution is 6.30. The number of amides is 2. The van der Waals surface area contributed by atoms with Crippen LogP contribution in [-0.4, -0.2) is 65.0 Å². The smallest absolute Gasteiger partial charge is 0.255 e. The molecule has 1 fully saturated rings. The molecule has 0 bridgehead atoms. The second kappa shape index (κ2) is 10.5. The van der Waals surface area contributed by atoms with E-state index in [1.54, 1.807) is 29.2 Å². The van der Waals surface area contributed by atoms with Crippen LogP contribution >= 0.6 is 11.6 Å². The Kier molecular flexibility index (Phi) is 7.47. The maximum Gasteiger partial charge on any atom is 0.255 e. The SMILES string of the molecule is Cc1c(F)ccc(F)c1-c1[nH]ncc1C(=O)N[C@@H](CC(=O)N1CCN(C)CC1)c1cccc(Cl)c1. The number of H-pyrrole nitrogens is 1. The molecule has 184 valence electrons. The number of aromatic nitrogens is 2. The molecule has 0 unspecified atom stereocenters. The maximum atomic E-state index is 14.6. The van der Waals surface area contributed by atoms with Crippen LogP contribution in [0.15, 0.2) is 42.6 Å². The van der Waals surface area contributed by atoms with E-state index in [0.29, 0.717) is 23.7 Å². The molecule has 3 aromatic rings. The second-order valence-corrected chi connectivity index (χ2v) is 9.09. The van der Waals surface area contributed by atoms with Crippen LogP contribution in [0.2, 0.25) is 5.02 Å². The molecule has 10 heteroatoms. The van der Waals surface area contributed by atoms with Crippen molar-refractivity contribution in [1.29, 1.82) is 0 Å². The van der Waals surface area contributed by atoms with E-state index in [-0.39, 0.29) is 34.7 Å². The highest BCUT2D eigenvalue weighted by Crippen LogP contribution is 2.30. The minimum Gasteiger partial charge on any atom is -0.345 e. The number of rotatable bonds is 6. The number of carbonyl (C=O) groups is 2. The van der Waals surface area contributed by atoms with E-state index in [9.17, 15) is 18.4 Å². The summed E-state index contributed by atoms with van der Waals surface area (Å²) in [6, 6.07) is 8.26. The van der Waals surface area contributed by atoms with Gasteiger partial charge >= 0.3 is 0 Å². The largest absolute Gasteiger partial charge is 0.345 e. The van der Waals surface area contributed by atoms with E-state index in [0.717, 1.165) is 25.2 Å². The lowest BCUT2D eigenvalue weighted by molar-refractivity contribution is -0.133. The predicted octanol–water partition coefficient (Wildman–Crippen LogP) is 3.95. The van der Waals surface area contributed by atoms with Crippen molar-refractivity contribution in [3.05, 3.63) is 75.9 Å². The first-order chi connectivity index (χ1) is 16.7. The van der Waals surface area contributed by atoms with E-state index in [2.05, 4.69) is 20.4 Å². The summed E-state index contributed by atoms with van der Waals surface area (Å²) >= 11 is 6.18. The van der Waals surface area contributed by atoms with Gasteiger partial charge in [-0.2, -0.15) is 5.10 Å². The van der Waals surface area contributed by atoms with E-state index in [4.69, 9.17) is 11.6 Å². The zero-order valence-corrected chi connectivity index (χ0v) is 20.2. The lowest BCUT2D eigenvalue weighted by atomic mass is 9.99. The number of carbonyl (C=O) groups excluding carboxylic acids is 2. The minimum atomic E-state index is -0.686. The molecule has 2 aromatic carbocycles. The number of hydrogen-bond donors (Lipinski definition) is 2. The van der Waals surface area contributed by atoms with Gasteiger partial charge in [0.15, 0.2) is 0 Å². The molecular formula is C25H26ClF2N5O2. The summed E-state index contributed by atoms with van der Waals surface area (Å²) in [5.74, 6) is -1.95. The van der Waals surface area contributed by atoms with Crippen LogP contribution in [0.1, 0.15) is 33.9 Å². The van der Waals surface area contributed by atoms with E-state index >= 15 is 0 Å². The Hall–Kier alpha value is -3.30. The number of likely N-dealkylation sites (N-methyl/N-ethyl adjacent to an activating group) is 1. The Balaban J connectivity index is 1.61. The second-order valence-electron chi connectivity index (χ2n) is 8.66. The first kappa shape index (κ1) is 24.8. The zero-order valence-electron chi connectivity index (χ0n) is 19.4. The van der Waals surface area contributed by atoms with Gasteiger partial charge in [-0.15, -0.1) is 0 Å². The zero-order chi connectivity index (χ0) is 25.1. The molecule has 2 N–H and O–H groups in total. The van der Waals surface area contributed by atoms with Gasteiger partial charge < -0.3 is 15.1 Å². The molecule has 0 saturated carbocycles. The lowest BCUT2D eigenvalue weighted by Crippen LogP contribution is -2.48. The molecule has 7 nitrogen and oxygen atoms in total. The molecule has 35 heavy (non-hydrogen) atoms. The van der Waals surface area contributed by atoms with Crippen LogP contribution in [0, 0.1) is 18.6 Å². The van der Waals surface area contributed by atoms with Crippen molar-refractivity contribution < 1.29 is 18.4 Å². The fourth-order valence-electron chi connectivity index (χ4n) is 4.18. The summed E-state index contributed by atoms with van der Waals surface area (Å²) in [6.45, 7) is 4.19. The quantitative estimate of drug-likeness (QED) is 0.536. The van der Waals surface area contributed by atoms with Crippen molar-refractivity contribution in [2.75, 3.05) is 33.2 Å². The van der Waals surface area contributed by atoms with Crippen LogP contribution in [0.25, 0.3) is 11.3 Å². The van der Waals surface area contributed by atoms with Gasteiger partial charge in [-0.05, 0) is 49.4 Å². The Morgan fingerprint density at radius 1 is 1.14 bits per heavy atom. The van der Waals surface area contributed by atoms with Crippen molar-refractivity contribution in [3.8, 4) is 11.3 Å². The fraction of sp³-hybridized carbons (Fsp3) is 0.320. The molecule has 0 spiro atoms. The van der Waals surface area contributed by atoms with Crippen LogP contribution in [0.5, 0.6) is 0 Å². The number of nitrogens with one attached hydrogen (secondary N) is 2. The Bertz CT molecular complexity index is 1240. The molecule has 0 radical (unpaired) electrons. The van der Waals surface area contributed by atoms with Gasteiger partial charge in [-0.1, -0.05) is 23.7 Å². The summed E-state index contributed by atoms with van der Waals surface area (Å²) in [4.78, 5) is 30.3. The number of piperazine rings is 1. The van der Waals surface area contributed by atoms with Crippen molar-refractivity contribution in [1.82, 2.24) is 25.3 Å². The standard InChI is InChI=1S/C25H26ClF2N5O2/c1-15-19(27)6-7-20(28)23(15)24-18(14-29-31-24)25(35)30-21(16-4-3-5-17(26)12-16)13-22(34)33-10-8-32(2)9-11-33/h3-7,12,14,21H,8-11,13H2,1-2H3,(H,29,31)(H,30,35)/t21-/m0/s1. The van der Waals surface area contributed by atoms with Crippen LogP contribution in [0.4, 0.5) is 8.78 Å². The number of nitrogens with zero attached hydrogens (tertiary/aromatic N) is 3. The molecule has 1 aromatic heterocycles. The number of halogens is 3. The van der Waals surface area contributed by atoms with E-state index in [1.807, 2.05) is 7.05 Å². The third-order valence-electron chi connectivity index (χ3n) is 6.27. The predicted molar refractivity (Wildman–Crippen MR) is 129 cm³/mol. The summed E-state index contributed by atoms with van der Waals surface area (Å²) in [5, 5.41) is 9.84. The lowest BCUT2D eigenvalue weighted by Gasteiger charge is -2.33. The van der Waals surface area contributed by atoms with Gasteiger partial charge in [0.2, 0.25) is 5.91 Å². The Morgan fingerprint density at radius 3 is 2.57 bits per heavy atom. The molecule has 2 heterocycles. The maximum absolute atomic E-state index is 14.6. The Labute approximate surface area is 207 Å². The van der Waals surface area contributed by atoms with Crippen molar-refractivity contribution >= 4 is 23.4 Å². The molecule has 1 atom stereocenters. The fourth-order valence-corrected chi connectivity index (χ4v) is 4.38. The summed E-state index contributed by atoms with van der Waals surface area (Å²) in [7, 11) is 2.00. The molecule has 2 amide bonds. The van der Waals surface area contributed by atoms with Gasteiger partial charge in [-0.3, -0.25) is 14.7 Å². The number of benzene rings is 2. The first-order valence-corrected chi connectivity index (χ1v) is 11.6. The number of hydrogen-bond acceptors (Lipinski definition) is 4. The Morgan fingerprint density at radius 2 is 1.86 bits per heavy atom.